The van der Waals surface area contributed by atoms with Gasteiger partial charge in [0.15, 0.2) is 5.82 Å². The largest absolute Gasteiger partial charge is 0.352 e. The second-order valence-corrected chi connectivity index (χ2v) is 6.73. The average molecular weight is 361 g/mol. The normalized spacial score (nSPS) is 10.8. The summed E-state index contributed by atoms with van der Waals surface area (Å²) >= 11 is 1.65. The van der Waals surface area contributed by atoms with Crippen LogP contribution in [-0.2, 0) is 6.42 Å². The fourth-order valence-electron chi connectivity index (χ4n) is 2.51. The molecule has 26 heavy (non-hydrogen) atoms. The van der Waals surface area contributed by atoms with E-state index in [1.807, 2.05) is 30.3 Å². The van der Waals surface area contributed by atoms with Crippen molar-refractivity contribution < 1.29 is 4.79 Å². The van der Waals surface area contributed by atoms with Crippen molar-refractivity contribution in [2.24, 2.45) is 0 Å². The Balaban J connectivity index is 1.36. The summed E-state index contributed by atoms with van der Waals surface area (Å²) in [5.41, 5.74) is 2.30. The third-order valence-electron chi connectivity index (χ3n) is 3.82. The Morgan fingerprint density at radius 2 is 1.81 bits per heavy atom. The molecular formula is C19H15N5OS. The minimum atomic E-state index is -0.188. The first-order valence-electron chi connectivity index (χ1n) is 8.15. The van der Waals surface area contributed by atoms with Crippen LogP contribution in [0.1, 0.15) is 15.4 Å². The van der Waals surface area contributed by atoms with Gasteiger partial charge in [-0.05, 0) is 24.3 Å². The molecule has 0 fully saturated rings. The predicted molar refractivity (Wildman–Crippen MR) is 101 cm³/mol. The molecule has 1 N–H and O–H groups in total. The van der Waals surface area contributed by atoms with Gasteiger partial charge in [0.25, 0.3) is 5.91 Å². The van der Waals surface area contributed by atoms with Gasteiger partial charge < -0.3 is 5.32 Å². The van der Waals surface area contributed by atoms with Gasteiger partial charge in [-0.2, -0.15) is 0 Å². The number of carbonyl (C=O) groups is 1. The molecule has 6 nitrogen and oxygen atoms in total. The highest BCUT2D eigenvalue weighted by Gasteiger charge is 2.09. The molecule has 0 atom stereocenters. The number of fused-ring (bicyclic) bond motifs is 1. The first-order chi connectivity index (χ1) is 12.8. The summed E-state index contributed by atoms with van der Waals surface area (Å²) in [5.74, 6) is 0.380. The van der Waals surface area contributed by atoms with Crippen LogP contribution < -0.4 is 5.32 Å². The zero-order valence-corrected chi connectivity index (χ0v) is 14.6. The number of benzene rings is 1. The number of carbonyl (C=O) groups excluding carboxylic acids is 1. The quantitative estimate of drug-likeness (QED) is 0.591. The van der Waals surface area contributed by atoms with Crippen molar-refractivity contribution in [3.63, 3.8) is 0 Å². The zero-order valence-electron chi connectivity index (χ0n) is 13.8. The molecule has 4 rings (SSSR count). The molecule has 0 unspecified atom stereocenters. The fraction of sp³-hybridized carbons (Fsp3) is 0.105. The van der Waals surface area contributed by atoms with Crippen LogP contribution >= 0.6 is 11.3 Å². The van der Waals surface area contributed by atoms with E-state index in [1.54, 1.807) is 23.7 Å². The molecule has 0 aliphatic heterocycles. The minimum Gasteiger partial charge on any atom is -0.352 e. The molecule has 0 aliphatic carbocycles. The van der Waals surface area contributed by atoms with Gasteiger partial charge in [-0.3, -0.25) is 9.78 Å². The predicted octanol–water partition coefficient (Wildman–Crippen LogP) is 3.12. The fourth-order valence-corrected chi connectivity index (χ4v) is 3.47. The lowest BCUT2D eigenvalue weighted by atomic mass is 10.2. The molecule has 1 aromatic carbocycles. The maximum Gasteiger partial charge on any atom is 0.254 e. The van der Waals surface area contributed by atoms with Crippen LogP contribution in [0.3, 0.4) is 0 Å². The summed E-state index contributed by atoms with van der Waals surface area (Å²) in [6.45, 7) is 0.519. The van der Waals surface area contributed by atoms with Gasteiger partial charge in [-0.1, -0.05) is 12.1 Å². The number of amides is 1. The summed E-state index contributed by atoms with van der Waals surface area (Å²) in [6, 6.07) is 11.7. The molecule has 0 radical (unpaired) electrons. The Morgan fingerprint density at radius 1 is 1.04 bits per heavy atom. The first-order valence-corrected chi connectivity index (χ1v) is 8.96. The van der Waals surface area contributed by atoms with Crippen LogP contribution in [0.15, 0.2) is 61.2 Å². The second-order valence-electron chi connectivity index (χ2n) is 5.61. The summed E-state index contributed by atoms with van der Waals surface area (Å²) in [6.07, 6.45) is 7.13. The van der Waals surface area contributed by atoms with Crippen LogP contribution in [-0.4, -0.2) is 32.4 Å². The molecule has 1 amide bonds. The molecule has 3 aromatic heterocycles. The lowest BCUT2D eigenvalue weighted by molar-refractivity contribution is 0.0953. The van der Waals surface area contributed by atoms with E-state index < -0.39 is 0 Å². The van der Waals surface area contributed by atoms with Crippen LogP contribution in [0.25, 0.3) is 21.6 Å². The molecule has 0 aliphatic rings. The molecule has 0 spiro atoms. The highest BCUT2D eigenvalue weighted by Crippen LogP contribution is 2.21. The number of pyridine rings is 1. The Labute approximate surface area is 154 Å². The highest BCUT2D eigenvalue weighted by molar-refractivity contribution is 7.18. The monoisotopic (exact) mass is 361 g/mol. The zero-order chi connectivity index (χ0) is 17.8. The van der Waals surface area contributed by atoms with E-state index in [4.69, 9.17) is 0 Å². The Kier molecular flexibility index (Phi) is 4.61. The van der Waals surface area contributed by atoms with Crippen molar-refractivity contribution in [3.8, 4) is 11.4 Å². The number of hydrogen-bond donors (Lipinski definition) is 1. The van der Waals surface area contributed by atoms with Crippen molar-refractivity contribution >= 4 is 27.5 Å². The molecule has 0 saturated heterocycles. The van der Waals surface area contributed by atoms with E-state index in [0.29, 0.717) is 24.4 Å². The Hall–Kier alpha value is -3.19. The molecule has 0 saturated carbocycles. The van der Waals surface area contributed by atoms with Crippen LogP contribution in [0.4, 0.5) is 0 Å². The second kappa shape index (κ2) is 7.37. The van der Waals surface area contributed by atoms with Crippen molar-refractivity contribution in [1.29, 1.82) is 0 Å². The number of aromatic nitrogens is 4. The number of hydrogen-bond acceptors (Lipinski definition) is 6. The van der Waals surface area contributed by atoms with Gasteiger partial charge in [0.2, 0.25) is 0 Å². The van der Waals surface area contributed by atoms with Gasteiger partial charge in [0.1, 0.15) is 0 Å². The average Bonchev–Trinajstić information content (AvgIpc) is 3.11. The van der Waals surface area contributed by atoms with Crippen LogP contribution in [0.2, 0.25) is 0 Å². The summed E-state index contributed by atoms with van der Waals surface area (Å²) in [4.78, 5) is 29.3. The van der Waals surface area contributed by atoms with Gasteiger partial charge in [-0.15, -0.1) is 11.3 Å². The summed E-state index contributed by atoms with van der Waals surface area (Å²) in [5, 5.41) is 3.90. The highest BCUT2D eigenvalue weighted by atomic mass is 32.1. The third-order valence-corrected chi connectivity index (χ3v) is 4.91. The maximum absolute atomic E-state index is 12.2. The molecule has 7 heteroatoms. The molecule has 4 aromatic rings. The van der Waals surface area contributed by atoms with Gasteiger partial charge in [0.05, 0.1) is 20.8 Å². The Bertz CT molecular complexity index is 998. The van der Waals surface area contributed by atoms with E-state index in [-0.39, 0.29) is 5.91 Å². The number of thiazole rings is 1. The topological polar surface area (TPSA) is 80.7 Å². The lowest BCUT2D eigenvalue weighted by Crippen LogP contribution is -2.26. The molecular weight excluding hydrogens is 346 g/mol. The van der Waals surface area contributed by atoms with E-state index in [1.165, 1.54) is 12.4 Å². The van der Waals surface area contributed by atoms with Gasteiger partial charge in [-0.25, -0.2) is 15.0 Å². The maximum atomic E-state index is 12.2. The standard InChI is InChI=1S/C19H15N5OS/c25-19(14-11-22-18(23-12-14)13-5-8-20-9-6-13)21-10-7-17-24-15-3-1-2-4-16(15)26-17/h1-6,8-9,11-12H,7,10H2,(H,21,25). The Morgan fingerprint density at radius 3 is 2.58 bits per heavy atom. The summed E-state index contributed by atoms with van der Waals surface area (Å²) in [7, 11) is 0. The third kappa shape index (κ3) is 3.57. The van der Waals surface area contributed by atoms with Crippen LogP contribution in [0.5, 0.6) is 0 Å². The molecule has 0 bridgehead atoms. The lowest BCUT2D eigenvalue weighted by Gasteiger charge is -2.04. The van der Waals surface area contributed by atoms with Crippen molar-refractivity contribution in [2.45, 2.75) is 6.42 Å². The molecule has 3 heterocycles. The minimum absolute atomic E-state index is 0.188. The van der Waals surface area contributed by atoms with Crippen molar-refractivity contribution in [1.82, 2.24) is 25.3 Å². The van der Waals surface area contributed by atoms with Gasteiger partial charge >= 0.3 is 0 Å². The smallest absolute Gasteiger partial charge is 0.254 e. The number of nitrogens with zero attached hydrogens (tertiary/aromatic N) is 4. The van der Waals surface area contributed by atoms with Crippen molar-refractivity contribution in [2.75, 3.05) is 6.54 Å². The number of para-hydroxylation sites is 1. The van der Waals surface area contributed by atoms with E-state index in [2.05, 4.69) is 31.3 Å². The van der Waals surface area contributed by atoms with Crippen molar-refractivity contribution in [3.05, 3.63) is 71.8 Å². The van der Waals surface area contributed by atoms with Gasteiger partial charge in [0, 0.05) is 43.3 Å². The first kappa shape index (κ1) is 16.3. The summed E-state index contributed by atoms with van der Waals surface area (Å²) < 4.78 is 1.16. The van der Waals surface area contributed by atoms with E-state index in [0.717, 1.165) is 20.8 Å². The van der Waals surface area contributed by atoms with E-state index in [9.17, 15) is 4.79 Å². The molecule has 128 valence electrons. The number of nitrogens with one attached hydrogen (secondary N) is 1. The van der Waals surface area contributed by atoms with Crippen LogP contribution in [0, 0.1) is 0 Å². The van der Waals surface area contributed by atoms with E-state index >= 15 is 0 Å². The SMILES string of the molecule is O=C(NCCc1nc2ccccc2s1)c1cnc(-c2ccncc2)nc1. The number of rotatable bonds is 5.